The lowest BCUT2D eigenvalue weighted by atomic mass is 10.1. The summed E-state index contributed by atoms with van der Waals surface area (Å²) in [6.07, 6.45) is -8.06. The smallest absolute Gasteiger partial charge is 0.394 e. The zero-order chi connectivity index (χ0) is 12.7. The van der Waals surface area contributed by atoms with Gasteiger partial charge in [-0.2, -0.15) is 8.78 Å². The van der Waals surface area contributed by atoms with Crippen molar-refractivity contribution in [3.63, 3.8) is 0 Å². The third kappa shape index (κ3) is 2.12. The molecule has 1 heterocycles. The lowest BCUT2D eigenvalue weighted by molar-refractivity contribution is -0.122. The summed E-state index contributed by atoms with van der Waals surface area (Å²) in [4.78, 5) is 16.8. The van der Waals surface area contributed by atoms with E-state index in [4.69, 9.17) is 25.1 Å². The minimum Gasteiger partial charge on any atom is -0.394 e. The first kappa shape index (κ1) is 13.9. The molecule has 0 amide bonds. The van der Waals surface area contributed by atoms with Crippen molar-refractivity contribution in [2.45, 2.75) is 30.1 Å². The van der Waals surface area contributed by atoms with Gasteiger partial charge in [-0.05, 0) is 0 Å². The first-order valence-electron chi connectivity index (χ1n) is 4.19. The monoisotopic (exact) mass is 264 g/mol. The molecule has 1 fully saturated rings. The van der Waals surface area contributed by atoms with E-state index in [1.165, 1.54) is 0 Å². The number of aliphatic hydroxyl groups is 3. The van der Waals surface area contributed by atoms with Gasteiger partial charge in [0.1, 0.15) is 18.3 Å². The average Bonchev–Trinajstić information content (AvgIpc) is 2.42. The number of halogens is 2. The summed E-state index contributed by atoms with van der Waals surface area (Å²) in [5, 5.41) is 26.9. The largest absolute Gasteiger partial charge is 0.397 e. The molecule has 0 radical (unpaired) electrons. The minimum atomic E-state index is -5.83. The number of aliphatic hydroxyl groups excluding tert-OH is 3. The predicted molar refractivity (Wildman–Crippen MR) is 44.8 cm³/mol. The van der Waals surface area contributed by atoms with E-state index >= 15 is 0 Å². The molecule has 7 nitrogen and oxygen atoms in total. The molecule has 0 aromatic heterocycles. The number of ether oxygens (including phenoxy) is 1. The molecule has 0 aromatic carbocycles. The van der Waals surface area contributed by atoms with Gasteiger partial charge in [0.15, 0.2) is 6.10 Å². The van der Waals surface area contributed by atoms with Gasteiger partial charge in [0.25, 0.3) is 0 Å². The molecule has 0 spiro atoms. The Balaban J connectivity index is 2.95. The first-order chi connectivity index (χ1) is 7.13. The van der Waals surface area contributed by atoms with Crippen molar-refractivity contribution >= 4 is 7.60 Å². The average molecular weight is 264 g/mol. The van der Waals surface area contributed by atoms with Crippen LogP contribution >= 0.6 is 7.60 Å². The molecule has 1 rings (SSSR count). The first-order valence-corrected chi connectivity index (χ1v) is 5.80. The molecule has 4 atom stereocenters. The van der Waals surface area contributed by atoms with Crippen molar-refractivity contribution in [3.8, 4) is 0 Å². The van der Waals surface area contributed by atoms with Gasteiger partial charge >= 0.3 is 13.3 Å². The molecule has 0 unspecified atom stereocenters. The van der Waals surface area contributed by atoms with Crippen LogP contribution in [-0.2, 0) is 9.30 Å². The van der Waals surface area contributed by atoms with Crippen LogP contribution in [-0.4, -0.2) is 61.8 Å². The highest BCUT2D eigenvalue weighted by molar-refractivity contribution is 7.53. The summed E-state index contributed by atoms with van der Waals surface area (Å²) in [6.45, 7) is -0.855. The van der Waals surface area contributed by atoms with Crippen molar-refractivity contribution < 1.29 is 43.2 Å². The van der Waals surface area contributed by atoms with Gasteiger partial charge in [-0.3, -0.25) is 4.57 Å². The van der Waals surface area contributed by atoms with Gasteiger partial charge in [0.05, 0.1) is 6.61 Å². The zero-order valence-electron chi connectivity index (χ0n) is 7.77. The lowest BCUT2D eigenvalue weighted by Crippen LogP contribution is -2.43. The van der Waals surface area contributed by atoms with Gasteiger partial charge < -0.3 is 29.8 Å². The highest BCUT2D eigenvalue weighted by Gasteiger charge is 2.63. The fourth-order valence-electron chi connectivity index (χ4n) is 1.35. The Morgan fingerprint density at radius 2 is 1.75 bits per heavy atom. The van der Waals surface area contributed by atoms with Crippen LogP contribution in [0, 0.1) is 0 Å². The number of hydrogen-bond donors (Lipinski definition) is 5. The van der Waals surface area contributed by atoms with Crippen LogP contribution in [0.2, 0.25) is 0 Å². The standard InChI is InChI=1S/C6H11F2O7P/c7-6(8,16(12,13)14)5-4(11)3(10)2(1-9)15-5/h2-5,9-11H,1H2,(H2,12,13,14)/t2-,3-,4+,5-/m1/s1. The summed E-state index contributed by atoms with van der Waals surface area (Å²) in [6, 6.07) is 0. The van der Waals surface area contributed by atoms with Crippen molar-refractivity contribution in [2.24, 2.45) is 0 Å². The summed E-state index contributed by atoms with van der Waals surface area (Å²) in [7, 11) is -5.83. The fraction of sp³-hybridized carbons (Fsp3) is 1.00. The molecule has 0 bridgehead atoms. The van der Waals surface area contributed by atoms with Crippen LogP contribution in [0.15, 0.2) is 0 Å². The number of alkyl halides is 2. The molecule has 1 saturated heterocycles. The van der Waals surface area contributed by atoms with E-state index in [1.807, 2.05) is 0 Å². The second kappa shape index (κ2) is 4.26. The second-order valence-electron chi connectivity index (χ2n) is 3.39. The fourth-order valence-corrected chi connectivity index (χ4v) is 1.90. The van der Waals surface area contributed by atoms with Gasteiger partial charge in [-0.1, -0.05) is 0 Å². The van der Waals surface area contributed by atoms with Crippen molar-refractivity contribution in [2.75, 3.05) is 6.61 Å². The Kier molecular flexibility index (Phi) is 3.71. The van der Waals surface area contributed by atoms with E-state index in [2.05, 4.69) is 4.74 Å². The van der Waals surface area contributed by atoms with Crippen LogP contribution in [0.5, 0.6) is 0 Å². The number of rotatable bonds is 3. The quantitative estimate of drug-likeness (QED) is 0.382. The Morgan fingerprint density at radius 3 is 2.06 bits per heavy atom. The molecule has 0 aliphatic carbocycles. The zero-order valence-corrected chi connectivity index (χ0v) is 8.67. The summed E-state index contributed by atoms with van der Waals surface area (Å²) < 4.78 is 41.1. The Hall–Kier alpha value is -0.150. The van der Waals surface area contributed by atoms with Crippen LogP contribution in [0.25, 0.3) is 0 Å². The Labute approximate surface area is 88.4 Å². The molecular formula is C6H11F2O7P. The van der Waals surface area contributed by atoms with Crippen LogP contribution in [0.4, 0.5) is 8.78 Å². The maximum Gasteiger partial charge on any atom is 0.397 e. The van der Waals surface area contributed by atoms with Gasteiger partial charge in [0, 0.05) is 0 Å². The Morgan fingerprint density at radius 1 is 1.25 bits per heavy atom. The molecule has 0 aromatic rings. The van der Waals surface area contributed by atoms with Crippen LogP contribution in [0.3, 0.4) is 0 Å². The SMILES string of the molecule is O=P(O)(O)C(F)(F)[C@@H]1O[C@H](CO)[C@@H](O)[C@@H]1O. The number of hydrogen-bond acceptors (Lipinski definition) is 5. The van der Waals surface area contributed by atoms with Crippen molar-refractivity contribution in [1.82, 2.24) is 0 Å². The molecule has 96 valence electrons. The molecule has 1 aliphatic heterocycles. The van der Waals surface area contributed by atoms with Crippen LogP contribution in [0.1, 0.15) is 0 Å². The highest BCUT2D eigenvalue weighted by Crippen LogP contribution is 2.57. The molecule has 0 saturated carbocycles. The van der Waals surface area contributed by atoms with E-state index in [1.54, 1.807) is 0 Å². The van der Waals surface area contributed by atoms with Crippen molar-refractivity contribution in [1.29, 1.82) is 0 Å². The normalized spacial score (nSPS) is 36.7. The third-order valence-electron chi connectivity index (χ3n) is 2.27. The van der Waals surface area contributed by atoms with Crippen LogP contribution < -0.4 is 0 Å². The summed E-state index contributed by atoms with van der Waals surface area (Å²) in [5.74, 6) is 0. The van der Waals surface area contributed by atoms with E-state index in [0.29, 0.717) is 0 Å². The maximum atomic E-state index is 13.1. The summed E-state index contributed by atoms with van der Waals surface area (Å²) >= 11 is 0. The van der Waals surface area contributed by atoms with E-state index in [9.17, 15) is 13.3 Å². The molecule has 1 aliphatic rings. The molecule has 5 N–H and O–H groups in total. The topological polar surface area (TPSA) is 127 Å². The van der Waals surface area contributed by atoms with Gasteiger partial charge in [-0.15, -0.1) is 0 Å². The maximum absolute atomic E-state index is 13.1. The minimum absolute atomic E-state index is 0.855. The van der Waals surface area contributed by atoms with Gasteiger partial charge in [0.2, 0.25) is 0 Å². The Bertz CT molecular complexity index is 305. The molecule has 10 heteroatoms. The second-order valence-corrected chi connectivity index (χ2v) is 5.08. The van der Waals surface area contributed by atoms with E-state index in [0.717, 1.165) is 0 Å². The third-order valence-corrected chi connectivity index (χ3v) is 3.30. The van der Waals surface area contributed by atoms with E-state index < -0.39 is 44.3 Å². The highest BCUT2D eigenvalue weighted by atomic mass is 31.2. The van der Waals surface area contributed by atoms with E-state index in [-0.39, 0.29) is 0 Å². The molecule has 16 heavy (non-hydrogen) atoms. The summed E-state index contributed by atoms with van der Waals surface area (Å²) in [5.41, 5.74) is -4.63. The lowest BCUT2D eigenvalue weighted by Gasteiger charge is -2.25. The predicted octanol–water partition coefficient (Wildman–Crippen LogP) is -1.76. The van der Waals surface area contributed by atoms with Gasteiger partial charge in [-0.25, -0.2) is 0 Å². The molecular weight excluding hydrogens is 253 g/mol. The van der Waals surface area contributed by atoms with Crippen molar-refractivity contribution in [3.05, 3.63) is 0 Å².